The van der Waals surface area contributed by atoms with Gasteiger partial charge in [-0.1, -0.05) is 5.16 Å². The van der Waals surface area contributed by atoms with Crippen LogP contribution in [0.2, 0.25) is 0 Å². The summed E-state index contributed by atoms with van der Waals surface area (Å²) in [6, 6.07) is 0. The zero-order chi connectivity index (χ0) is 7.40. The highest BCUT2D eigenvalue weighted by Crippen LogP contribution is 1.97. The Kier molecular flexibility index (Phi) is 4.81. The molecule has 0 radical (unpaired) electrons. The molecule has 0 bridgehead atoms. The summed E-state index contributed by atoms with van der Waals surface area (Å²) in [5.41, 5.74) is 5.29. The summed E-state index contributed by atoms with van der Waals surface area (Å²) in [5.74, 6) is 1.37. The van der Waals surface area contributed by atoms with E-state index in [1.165, 1.54) is 0 Å². The van der Waals surface area contributed by atoms with Gasteiger partial charge in [-0.3, -0.25) is 0 Å². The van der Waals surface area contributed by atoms with Crippen LogP contribution in [-0.4, -0.2) is 16.7 Å². The van der Waals surface area contributed by atoms with E-state index in [-0.39, 0.29) is 12.4 Å². The van der Waals surface area contributed by atoms with Gasteiger partial charge < -0.3 is 10.3 Å². The van der Waals surface area contributed by atoms with Gasteiger partial charge in [0.1, 0.15) is 0 Å². The molecule has 0 fully saturated rings. The van der Waals surface area contributed by atoms with Crippen molar-refractivity contribution in [1.29, 1.82) is 0 Å². The van der Waals surface area contributed by atoms with Crippen molar-refractivity contribution < 1.29 is 4.52 Å². The van der Waals surface area contributed by atoms with Crippen molar-refractivity contribution in [2.24, 2.45) is 5.73 Å². The number of nitrogens with two attached hydrogens (primary N) is 1. The Morgan fingerprint density at radius 1 is 1.55 bits per heavy atom. The predicted molar refractivity (Wildman–Crippen MR) is 43.7 cm³/mol. The van der Waals surface area contributed by atoms with Gasteiger partial charge >= 0.3 is 0 Å². The van der Waals surface area contributed by atoms with E-state index >= 15 is 0 Å². The third-order valence-corrected chi connectivity index (χ3v) is 1.16. The smallest absolute Gasteiger partial charge is 0.226 e. The Hall–Kier alpha value is -0.610. The van der Waals surface area contributed by atoms with Gasteiger partial charge in [-0.2, -0.15) is 4.98 Å². The molecular formula is C6H12ClN3O. The quantitative estimate of drug-likeness (QED) is 0.738. The number of hydrogen-bond donors (Lipinski definition) is 1. The molecule has 1 aromatic rings. The molecule has 4 nitrogen and oxygen atoms in total. The van der Waals surface area contributed by atoms with E-state index in [0.29, 0.717) is 18.3 Å². The standard InChI is InChI=1S/C6H11N3O.ClH/c1-5-8-6(10-9-5)3-2-4-7;/h2-4,7H2,1H3;1H. The molecule has 0 saturated heterocycles. The van der Waals surface area contributed by atoms with Crippen LogP contribution in [0.25, 0.3) is 0 Å². The zero-order valence-electron chi connectivity index (χ0n) is 6.41. The minimum absolute atomic E-state index is 0. The minimum Gasteiger partial charge on any atom is -0.339 e. The van der Waals surface area contributed by atoms with Gasteiger partial charge in [-0.05, 0) is 19.9 Å². The van der Waals surface area contributed by atoms with Gasteiger partial charge in [-0.25, -0.2) is 0 Å². The minimum atomic E-state index is 0. The van der Waals surface area contributed by atoms with Crippen molar-refractivity contribution >= 4 is 12.4 Å². The van der Waals surface area contributed by atoms with E-state index < -0.39 is 0 Å². The first-order chi connectivity index (χ1) is 4.83. The van der Waals surface area contributed by atoms with Gasteiger partial charge in [0.15, 0.2) is 5.82 Å². The molecule has 11 heavy (non-hydrogen) atoms. The fraction of sp³-hybridized carbons (Fsp3) is 0.667. The highest BCUT2D eigenvalue weighted by molar-refractivity contribution is 5.85. The number of aromatic nitrogens is 2. The SMILES string of the molecule is Cc1noc(CCCN)n1.Cl. The maximum absolute atomic E-state index is 5.29. The van der Waals surface area contributed by atoms with Crippen LogP contribution in [0, 0.1) is 6.92 Å². The molecule has 0 saturated carbocycles. The topological polar surface area (TPSA) is 64.9 Å². The first-order valence-electron chi connectivity index (χ1n) is 3.32. The first kappa shape index (κ1) is 10.4. The van der Waals surface area contributed by atoms with Crippen LogP contribution < -0.4 is 5.73 Å². The monoisotopic (exact) mass is 177 g/mol. The number of hydrogen-bond acceptors (Lipinski definition) is 4. The van der Waals surface area contributed by atoms with Crippen molar-refractivity contribution in [3.05, 3.63) is 11.7 Å². The molecule has 1 heterocycles. The third kappa shape index (κ3) is 3.34. The van der Waals surface area contributed by atoms with Crippen LogP contribution in [0.4, 0.5) is 0 Å². The molecule has 5 heteroatoms. The van der Waals surface area contributed by atoms with E-state index in [1.807, 2.05) is 0 Å². The van der Waals surface area contributed by atoms with Crippen LogP contribution in [0.1, 0.15) is 18.1 Å². The van der Waals surface area contributed by atoms with Crippen LogP contribution in [0.5, 0.6) is 0 Å². The Morgan fingerprint density at radius 3 is 2.73 bits per heavy atom. The Morgan fingerprint density at radius 2 is 2.27 bits per heavy atom. The Bertz CT molecular complexity index is 201. The lowest BCUT2D eigenvalue weighted by molar-refractivity contribution is 0.372. The van der Waals surface area contributed by atoms with Crippen LogP contribution >= 0.6 is 12.4 Å². The average Bonchev–Trinajstić information content (AvgIpc) is 2.31. The van der Waals surface area contributed by atoms with E-state index in [9.17, 15) is 0 Å². The normalized spacial score (nSPS) is 9.27. The second-order valence-corrected chi connectivity index (χ2v) is 2.13. The maximum Gasteiger partial charge on any atom is 0.226 e. The van der Waals surface area contributed by atoms with Crippen molar-refractivity contribution in [3.63, 3.8) is 0 Å². The zero-order valence-corrected chi connectivity index (χ0v) is 7.23. The molecule has 1 rings (SSSR count). The van der Waals surface area contributed by atoms with Gasteiger partial charge in [0.2, 0.25) is 5.89 Å². The van der Waals surface area contributed by atoms with Gasteiger partial charge in [-0.15, -0.1) is 12.4 Å². The van der Waals surface area contributed by atoms with E-state index in [1.54, 1.807) is 6.92 Å². The highest BCUT2D eigenvalue weighted by atomic mass is 35.5. The summed E-state index contributed by atoms with van der Waals surface area (Å²) in [4.78, 5) is 4.01. The van der Waals surface area contributed by atoms with E-state index in [4.69, 9.17) is 10.3 Å². The van der Waals surface area contributed by atoms with Gasteiger partial charge in [0.25, 0.3) is 0 Å². The van der Waals surface area contributed by atoms with E-state index in [2.05, 4.69) is 10.1 Å². The maximum atomic E-state index is 5.29. The second kappa shape index (κ2) is 5.09. The number of aryl methyl sites for hydroxylation is 2. The van der Waals surface area contributed by atoms with Crippen LogP contribution in [0.3, 0.4) is 0 Å². The van der Waals surface area contributed by atoms with Crippen molar-refractivity contribution in [1.82, 2.24) is 10.1 Å². The lowest BCUT2D eigenvalue weighted by Crippen LogP contribution is -2.00. The molecule has 0 aromatic carbocycles. The molecule has 2 N–H and O–H groups in total. The van der Waals surface area contributed by atoms with Crippen LogP contribution in [0.15, 0.2) is 4.52 Å². The molecule has 64 valence electrons. The number of rotatable bonds is 3. The fourth-order valence-electron chi connectivity index (χ4n) is 0.695. The molecule has 0 spiro atoms. The molecule has 0 aliphatic carbocycles. The predicted octanol–water partition coefficient (Wildman–Crippen LogP) is 0.691. The molecule has 0 unspecified atom stereocenters. The number of halogens is 1. The second-order valence-electron chi connectivity index (χ2n) is 2.13. The average molecular weight is 178 g/mol. The molecule has 0 aliphatic rings. The Balaban J connectivity index is 0.000001000. The van der Waals surface area contributed by atoms with Gasteiger partial charge in [0.05, 0.1) is 0 Å². The van der Waals surface area contributed by atoms with Gasteiger partial charge in [0, 0.05) is 6.42 Å². The Labute approximate surface area is 71.6 Å². The fourth-order valence-corrected chi connectivity index (χ4v) is 0.695. The largest absolute Gasteiger partial charge is 0.339 e. The van der Waals surface area contributed by atoms with Crippen molar-refractivity contribution in [3.8, 4) is 0 Å². The first-order valence-corrected chi connectivity index (χ1v) is 3.32. The van der Waals surface area contributed by atoms with Crippen LogP contribution in [-0.2, 0) is 6.42 Å². The highest BCUT2D eigenvalue weighted by Gasteiger charge is 1.99. The molecular weight excluding hydrogens is 166 g/mol. The number of nitrogens with zero attached hydrogens (tertiary/aromatic N) is 2. The lowest BCUT2D eigenvalue weighted by atomic mass is 10.3. The molecule has 1 aromatic heterocycles. The summed E-state index contributed by atoms with van der Waals surface area (Å²) in [7, 11) is 0. The summed E-state index contributed by atoms with van der Waals surface area (Å²) >= 11 is 0. The molecule has 0 amide bonds. The third-order valence-electron chi connectivity index (χ3n) is 1.16. The summed E-state index contributed by atoms with van der Waals surface area (Å²) in [6.07, 6.45) is 1.69. The molecule has 0 atom stereocenters. The van der Waals surface area contributed by atoms with Crippen molar-refractivity contribution in [2.75, 3.05) is 6.54 Å². The summed E-state index contributed by atoms with van der Waals surface area (Å²) < 4.78 is 4.85. The van der Waals surface area contributed by atoms with Crippen molar-refractivity contribution in [2.45, 2.75) is 19.8 Å². The summed E-state index contributed by atoms with van der Waals surface area (Å²) in [6.45, 7) is 2.47. The van der Waals surface area contributed by atoms with E-state index in [0.717, 1.165) is 12.8 Å². The summed E-state index contributed by atoms with van der Waals surface area (Å²) in [5, 5.41) is 3.64. The lowest BCUT2D eigenvalue weighted by Gasteiger charge is -1.87. The molecule has 0 aliphatic heterocycles.